The van der Waals surface area contributed by atoms with Crippen LogP contribution in [0, 0.1) is 0 Å². The van der Waals surface area contributed by atoms with E-state index >= 15 is 0 Å². The minimum atomic E-state index is -1.04. The average Bonchev–Trinajstić information content (AvgIpc) is 2.46. The van der Waals surface area contributed by atoms with Crippen LogP contribution in [0.3, 0.4) is 0 Å². The van der Waals surface area contributed by atoms with Crippen LogP contribution in [-0.4, -0.2) is 11.1 Å². The highest BCUT2D eigenvalue weighted by Gasteiger charge is 2.17. The number of para-hydroxylation sites is 1. The molecule has 6 heteroatoms. The zero-order chi connectivity index (χ0) is 15.9. The molecule has 0 aliphatic carbocycles. The van der Waals surface area contributed by atoms with Gasteiger partial charge in [-0.1, -0.05) is 50.1 Å². The number of carbonyl (C=O) groups is 1. The number of carboxylic acids is 1. The maximum Gasteiger partial charge on any atom is 0.344 e. The number of halogens is 2. The summed E-state index contributed by atoms with van der Waals surface area (Å²) in [6.07, 6.45) is 0. The first-order chi connectivity index (χ1) is 10.5. The van der Waals surface area contributed by atoms with Gasteiger partial charge in [0.25, 0.3) is 0 Å². The van der Waals surface area contributed by atoms with Gasteiger partial charge in [-0.2, -0.15) is 0 Å². The molecule has 0 atom stereocenters. The highest BCUT2D eigenvalue weighted by Crippen LogP contribution is 2.35. The van der Waals surface area contributed by atoms with Gasteiger partial charge in [0.2, 0.25) is 0 Å². The minimum absolute atomic E-state index is 0.118. The van der Waals surface area contributed by atoms with Gasteiger partial charge >= 0.3 is 11.6 Å². The molecule has 1 N–H and O–H groups in total. The standard InChI is InChI=1S/C16H8Br2O4/c17-11-6-9(15(19)20)7-12(18)14(11)10-5-8-3-1-2-4-13(8)22-16(10)21/h1-7H,(H,19,20). The first kappa shape index (κ1) is 15.0. The SMILES string of the molecule is O=C(O)c1cc(Br)c(-c2cc3ccccc3oc2=O)c(Br)c1. The smallest absolute Gasteiger partial charge is 0.344 e. The molecule has 3 aromatic rings. The van der Waals surface area contributed by atoms with Crippen molar-refractivity contribution in [1.29, 1.82) is 0 Å². The van der Waals surface area contributed by atoms with Crippen LogP contribution >= 0.6 is 31.9 Å². The van der Waals surface area contributed by atoms with E-state index in [1.54, 1.807) is 18.2 Å². The summed E-state index contributed by atoms with van der Waals surface area (Å²) in [4.78, 5) is 23.3. The zero-order valence-corrected chi connectivity index (χ0v) is 14.1. The zero-order valence-electron chi connectivity index (χ0n) is 11.0. The summed E-state index contributed by atoms with van der Waals surface area (Å²) in [7, 11) is 0. The van der Waals surface area contributed by atoms with Crippen LogP contribution in [-0.2, 0) is 0 Å². The van der Waals surface area contributed by atoms with Gasteiger partial charge in [-0.15, -0.1) is 0 Å². The first-order valence-corrected chi connectivity index (χ1v) is 7.81. The summed E-state index contributed by atoms with van der Waals surface area (Å²) >= 11 is 6.65. The highest BCUT2D eigenvalue weighted by molar-refractivity contribution is 9.11. The van der Waals surface area contributed by atoms with Gasteiger partial charge in [0, 0.05) is 19.9 Å². The number of benzene rings is 2. The summed E-state index contributed by atoms with van der Waals surface area (Å²) in [5.41, 5.74) is 1.06. The summed E-state index contributed by atoms with van der Waals surface area (Å²) in [5.74, 6) is -1.04. The van der Waals surface area contributed by atoms with Gasteiger partial charge in [-0.05, 0) is 24.3 Å². The van der Waals surface area contributed by atoms with E-state index in [4.69, 9.17) is 9.52 Å². The van der Waals surface area contributed by atoms with Crippen molar-refractivity contribution in [3.05, 3.63) is 67.4 Å². The predicted molar refractivity (Wildman–Crippen MR) is 90.3 cm³/mol. The fourth-order valence-corrected chi connectivity index (χ4v) is 3.80. The molecule has 0 aliphatic heterocycles. The second kappa shape index (κ2) is 5.70. The van der Waals surface area contributed by atoms with Gasteiger partial charge < -0.3 is 9.52 Å². The van der Waals surface area contributed by atoms with Crippen LogP contribution in [0.2, 0.25) is 0 Å². The third-order valence-corrected chi connectivity index (χ3v) is 4.45. The Morgan fingerprint density at radius 2 is 1.68 bits per heavy atom. The van der Waals surface area contributed by atoms with Crippen LogP contribution in [0.15, 0.2) is 60.6 Å². The molecule has 3 rings (SSSR count). The van der Waals surface area contributed by atoms with Gasteiger partial charge in [0.1, 0.15) is 5.58 Å². The highest BCUT2D eigenvalue weighted by atomic mass is 79.9. The van der Waals surface area contributed by atoms with E-state index in [2.05, 4.69) is 31.9 Å². The van der Waals surface area contributed by atoms with E-state index < -0.39 is 11.6 Å². The Morgan fingerprint density at radius 3 is 2.32 bits per heavy atom. The van der Waals surface area contributed by atoms with Crippen molar-refractivity contribution >= 4 is 48.8 Å². The topological polar surface area (TPSA) is 67.5 Å². The fraction of sp³-hybridized carbons (Fsp3) is 0. The van der Waals surface area contributed by atoms with E-state index in [1.807, 2.05) is 12.1 Å². The van der Waals surface area contributed by atoms with E-state index in [0.29, 0.717) is 25.7 Å². The van der Waals surface area contributed by atoms with Crippen LogP contribution in [0.5, 0.6) is 0 Å². The molecule has 0 amide bonds. The lowest BCUT2D eigenvalue weighted by atomic mass is 10.0. The Kier molecular flexibility index (Phi) is 3.88. The first-order valence-electron chi connectivity index (χ1n) is 6.23. The van der Waals surface area contributed by atoms with Crippen molar-refractivity contribution in [1.82, 2.24) is 0 Å². The number of carboxylic acid groups (broad SMARTS) is 1. The summed E-state index contributed by atoms with van der Waals surface area (Å²) in [6.45, 7) is 0. The molecule has 0 fully saturated rings. The molecule has 0 bridgehead atoms. The van der Waals surface area contributed by atoms with Crippen LogP contribution < -0.4 is 5.63 Å². The number of fused-ring (bicyclic) bond motifs is 1. The van der Waals surface area contributed by atoms with E-state index in [-0.39, 0.29) is 5.56 Å². The Labute approximate surface area is 141 Å². The lowest BCUT2D eigenvalue weighted by molar-refractivity contribution is 0.0696. The maximum atomic E-state index is 12.2. The van der Waals surface area contributed by atoms with Crippen molar-refractivity contribution in [3.8, 4) is 11.1 Å². The molecule has 2 aromatic carbocycles. The van der Waals surface area contributed by atoms with Crippen molar-refractivity contribution in [2.24, 2.45) is 0 Å². The van der Waals surface area contributed by atoms with Crippen molar-refractivity contribution in [3.63, 3.8) is 0 Å². The van der Waals surface area contributed by atoms with Gasteiger partial charge in [-0.25, -0.2) is 9.59 Å². The summed E-state index contributed by atoms with van der Waals surface area (Å²) in [5, 5.41) is 9.86. The Hall–Kier alpha value is -1.92. The molecule has 0 spiro atoms. The largest absolute Gasteiger partial charge is 0.478 e. The molecule has 0 unspecified atom stereocenters. The van der Waals surface area contributed by atoms with E-state index in [9.17, 15) is 9.59 Å². The van der Waals surface area contributed by atoms with Crippen LogP contribution in [0.25, 0.3) is 22.1 Å². The van der Waals surface area contributed by atoms with Crippen LogP contribution in [0.4, 0.5) is 0 Å². The van der Waals surface area contributed by atoms with Gasteiger partial charge in [-0.3, -0.25) is 0 Å². The Morgan fingerprint density at radius 1 is 1.05 bits per heavy atom. The second-order valence-corrected chi connectivity index (χ2v) is 6.31. The Bertz CT molecular complexity index is 937. The quantitative estimate of drug-likeness (QED) is 0.607. The number of rotatable bonds is 2. The molecule has 0 radical (unpaired) electrons. The molecular weight excluding hydrogens is 416 g/mol. The average molecular weight is 424 g/mol. The third-order valence-electron chi connectivity index (χ3n) is 3.20. The van der Waals surface area contributed by atoms with Crippen molar-refractivity contribution < 1.29 is 14.3 Å². The minimum Gasteiger partial charge on any atom is -0.478 e. The summed E-state index contributed by atoms with van der Waals surface area (Å²) < 4.78 is 6.32. The predicted octanol–water partition coefficient (Wildman–Crippen LogP) is 4.68. The molecule has 22 heavy (non-hydrogen) atoms. The summed E-state index contributed by atoms with van der Waals surface area (Å²) in [6, 6.07) is 11.8. The lowest BCUT2D eigenvalue weighted by Gasteiger charge is -2.09. The Balaban J connectivity index is 2.30. The fourth-order valence-electron chi connectivity index (χ4n) is 2.19. The monoisotopic (exact) mass is 422 g/mol. The molecule has 0 aliphatic rings. The van der Waals surface area contributed by atoms with E-state index in [0.717, 1.165) is 5.39 Å². The molecule has 1 heterocycles. The molecule has 1 aromatic heterocycles. The van der Waals surface area contributed by atoms with Crippen molar-refractivity contribution in [2.75, 3.05) is 0 Å². The lowest BCUT2D eigenvalue weighted by Crippen LogP contribution is -2.05. The molecule has 0 saturated carbocycles. The van der Waals surface area contributed by atoms with Crippen LogP contribution in [0.1, 0.15) is 10.4 Å². The van der Waals surface area contributed by atoms with E-state index in [1.165, 1.54) is 12.1 Å². The second-order valence-electron chi connectivity index (χ2n) is 4.61. The number of aromatic carboxylic acids is 1. The van der Waals surface area contributed by atoms with Gasteiger partial charge in [0.05, 0.1) is 11.1 Å². The number of hydrogen-bond acceptors (Lipinski definition) is 3. The van der Waals surface area contributed by atoms with Gasteiger partial charge in [0.15, 0.2) is 0 Å². The molecule has 4 nitrogen and oxygen atoms in total. The molecule has 0 saturated heterocycles. The molecular formula is C16H8Br2O4. The normalized spacial score (nSPS) is 10.8. The number of hydrogen-bond donors (Lipinski definition) is 1. The third kappa shape index (κ3) is 2.60. The molecule has 110 valence electrons. The maximum absolute atomic E-state index is 12.2. The van der Waals surface area contributed by atoms with Crippen molar-refractivity contribution in [2.45, 2.75) is 0 Å².